The smallest absolute Gasteiger partial charge is 0.243 e. The molecule has 168 valence electrons. The van der Waals surface area contributed by atoms with Gasteiger partial charge in [-0.2, -0.15) is 4.31 Å². The Labute approximate surface area is 185 Å². The number of benzene rings is 2. The monoisotopic (exact) mass is 445 g/mol. The summed E-state index contributed by atoms with van der Waals surface area (Å²) < 4.78 is 32.1. The summed E-state index contributed by atoms with van der Waals surface area (Å²) in [5.41, 5.74) is 3.98. The molecule has 7 nitrogen and oxygen atoms in total. The van der Waals surface area contributed by atoms with Gasteiger partial charge in [0, 0.05) is 31.7 Å². The van der Waals surface area contributed by atoms with Crippen LogP contribution in [-0.4, -0.2) is 63.9 Å². The minimum Gasteiger partial charge on any atom is -0.379 e. The van der Waals surface area contributed by atoms with Crippen molar-refractivity contribution in [1.82, 2.24) is 9.21 Å². The molecule has 1 heterocycles. The molecule has 0 radical (unpaired) electrons. The summed E-state index contributed by atoms with van der Waals surface area (Å²) >= 11 is 0. The number of sulfonamides is 1. The zero-order valence-corrected chi connectivity index (χ0v) is 19.2. The second-order valence-electron chi connectivity index (χ2n) is 8.15. The molecule has 0 aromatic heterocycles. The number of ether oxygens (including phenoxy) is 1. The molecule has 0 spiro atoms. The molecule has 3 rings (SSSR count). The number of carbonyl (C=O) groups excluding carboxylic acids is 1. The fraction of sp³-hybridized carbons (Fsp3) is 0.435. The molecule has 1 aliphatic rings. The second kappa shape index (κ2) is 10.4. The van der Waals surface area contributed by atoms with E-state index in [0.29, 0.717) is 39.1 Å². The maximum absolute atomic E-state index is 12.7. The predicted molar refractivity (Wildman–Crippen MR) is 122 cm³/mol. The van der Waals surface area contributed by atoms with E-state index >= 15 is 0 Å². The average Bonchev–Trinajstić information content (AvgIpc) is 2.72. The van der Waals surface area contributed by atoms with Crippen molar-refractivity contribution in [1.29, 1.82) is 0 Å². The summed E-state index contributed by atoms with van der Waals surface area (Å²) in [6.07, 6.45) is 0.868. The summed E-state index contributed by atoms with van der Waals surface area (Å²) in [6, 6.07) is 12.9. The molecular formula is C23H31N3O4S. The van der Waals surface area contributed by atoms with E-state index in [1.165, 1.54) is 4.31 Å². The van der Waals surface area contributed by atoms with Gasteiger partial charge in [0.15, 0.2) is 0 Å². The SMILES string of the molecule is Cc1cc(CN(C)C)cc(NC(=O)CCc2ccc(S(=O)(=O)N3CCOCC3)cc2)c1. The molecule has 0 saturated carbocycles. The summed E-state index contributed by atoms with van der Waals surface area (Å²) in [5, 5.41) is 2.97. The fourth-order valence-corrected chi connectivity index (χ4v) is 5.04. The fourth-order valence-electron chi connectivity index (χ4n) is 3.64. The zero-order valence-electron chi connectivity index (χ0n) is 18.4. The normalized spacial score (nSPS) is 15.2. The Morgan fingerprint density at radius 2 is 1.74 bits per heavy atom. The molecule has 2 aromatic carbocycles. The van der Waals surface area contributed by atoms with Crippen molar-refractivity contribution < 1.29 is 17.9 Å². The van der Waals surface area contributed by atoms with Gasteiger partial charge in [-0.1, -0.05) is 18.2 Å². The van der Waals surface area contributed by atoms with Gasteiger partial charge in [-0.3, -0.25) is 4.79 Å². The third kappa shape index (κ3) is 6.61. The van der Waals surface area contributed by atoms with Crippen LogP contribution < -0.4 is 5.32 Å². The second-order valence-corrected chi connectivity index (χ2v) is 10.1. The highest BCUT2D eigenvalue weighted by atomic mass is 32.2. The molecule has 0 bridgehead atoms. The largest absolute Gasteiger partial charge is 0.379 e. The highest BCUT2D eigenvalue weighted by Gasteiger charge is 2.26. The van der Waals surface area contributed by atoms with Crippen LogP contribution in [0.3, 0.4) is 0 Å². The van der Waals surface area contributed by atoms with Crippen molar-refractivity contribution in [3.63, 3.8) is 0 Å². The van der Waals surface area contributed by atoms with E-state index in [1.807, 2.05) is 33.2 Å². The van der Waals surface area contributed by atoms with Gasteiger partial charge >= 0.3 is 0 Å². The minimum atomic E-state index is -3.50. The lowest BCUT2D eigenvalue weighted by Gasteiger charge is -2.26. The first kappa shape index (κ1) is 23.4. The number of carbonyl (C=O) groups is 1. The summed E-state index contributed by atoms with van der Waals surface area (Å²) in [6.45, 7) is 4.42. The number of morpholine rings is 1. The van der Waals surface area contributed by atoms with Gasteiger partial charge in [-0.15, -0.1) is 0 Å². The number of amides is 1. The van der Waals surface area contributed by atoms with Crippen LogP contribution in [0.25, 0.3) is 0 Å². The van der Waals surface area contributed by atoms with Crippen LogP contribution in [0.15, 0.2) is 47.4 Å². The summed E-state index contributed by atoms with van der Waals surface area (Å²) in [4.78, 5) is 14.8. The van der Waals surface area contributed by atoms with E-state index in [9.17, 15) is 13.2 Å². The maximum Gasteiger partial charge on any atom is 0.243 e. The highest BCUT2D eigenvalue weighted by molar-refractivity contribution is 7.89. The van der Waals surface area contributed by atoms with Crippen LogP contribution in [0.5, 0.6) is 0 Å². The van der Waals surface area contributed by atoms with E-state index in [1.54, 1.807) is 24.3 Å². The molecule has 0 unspecified atom stereocenters. The molecule has 8 heteroatoms. The lowest BCUT2D eigenvalue weighted by molar-refractivity contribution is -0.116. The van der Waals surface area contributed by atoms with Crippen LogP contribution in [0, 0.1) is 6.92 Å². The third-order valence-corrected chi connectivity index (χ3v) is 7.00. The topological polar surface area (TPSA) is 79.0 Å². The zero-order chi connectivity index (χ0) is 22.4. The van der Waals surface area contributed by atoms with Crippen molar-refractivity contribution in [3.05, 3.63) is 59.2 Å². The Hall–Kier alpha value is -2.26. The van der Waals surface area contributed by atoms with Gasteiger partial charge in [0.05, 0.1) is 18.1 Å². The van der Waals surface area contributed by atoms with Crippen molar-refractivity contribution >= 4 is 21.6 Å². The number of rotatable bonds is 8. The van der Waals surface area contributed by atoms with Crippen LogP contribution in [0.1, 0.15) is 23.1 Å². The maximum atomic E-state index is 12.7. The lowest BCUT2D eigenvalue weighted by atomic mass is 10.1. The summed E-state index contributed by atoms with van der Waals surface area (Å²) in [5.74, 6) is -0.0635. The minimum absolute atomic E-state index is 0.0635. The number of hydrogen-bond donors (Lipinski definition) is 1. The molecule has 1 N–H and O–H groups in total. The van der Waals surface area contributed by atoms with Gasteiger partial charge in [0.2, 0.25) is 15.9 Å². The molecule has 1 amide bonds. The number of nitrogens with one attached hydrogen (secondary N) is 1. The van der Waals surface area contributed by atoms with Crippen LogP contribution >= 0.6 is 0 Å². The lowest BCUT2D eigenvalue weighted by Crippen LogP contribution is -2.40. The number of anilines is 1. The van der Waals surface area contributed by atoms with Crippen molar-refractivity contribution in [2.45, 2.75) is 31.2 Å². The molecule has 2 aromatic rings. The molecule has 1 saturated heterocycles. The quantitative estimate of drug-likeness (QED) is 0.676. The van der Waals surface area contributed by atoms with E-state index < -0.39 is 10.0 Å². The van der Waals surface area contributed by atoms with E-state index in [-0.39, 0.29) is 10.8 Å². The number of aryl methyl sites for hydroxylation is 2. The number of nitrogens with zero attached hydrogens (tertiary/aromatic N) is 2. The first-order valence-electron chi connectivity index (χ1n) is 10.5. The van der Waals surface area contributed by atoms with E-state index in [4.69, 9.17) is 4.74 Å². The first-order valence-corrected chi connectivity index (χ1v) is 11.9. The van der Waals surface area contributed by atoms with Crippen molar-refractivity contribution in [3.8, 4) is 0 Å². The molecule has 31 heavy (non-hydrogen) atoms. The molecule has 1 fully saturated rings. The Balaban J connectivity index is 1.56. The van der Waals surface area contributed by atoms with Crippen LogP contribution in [0.4, 0.5) is 5.69 Å². The number of hydrogen-bond acceptors (Lipinski definition) is 5. The molecular weight excluding hydrogens is 414 g/mol. The molecule has 0 aliphatic carbocycles. The van der Waals surface area contributed by atoms with Crippen LogP contribution in [-0.2, 0) is 32.5 Å². The van der Waals surface area contributed by atoms with Crippen molar-refractivity contribution in [2.75, 3.05) is 45.7 Å². The predicted octanol–water partition coefficient (Wildman–Crippen LogP) is 2.65. The first-order chi connectivity index (χ1) is 14.7. The van der Waals surface area contributed by atoms with Crippen molar-refractivity contribution in [2.24, 2.45) is 0 Å². The van der Waals surface area contributed by atoms with Crippen LogP contribution in [0.2, 0.25) is 0 Å². The Morgan fingerprint density at radius 3 is 2.39 bits per heavy atom. The van der Waals surface area contributed by atoms with E-state index in [2.05, 4.69) is 16.3 Å². The summed E-state index contributed by atoms with van der Waals surface area (Å²) in [7, 11) is 0.527. The van der Waals surface area contributed by atoms with E-state index in [0.717, 1.165) is 28.9 Å². The third-order valence-electron chi connectivity index (χ3n) is 5.09. The molecule has 0 atom stereocenters. The Bertz CT molecular complexity index is 998. The standard InChI is InChI=1S/C23H31N3O4S/c1-18-14-20(17-25(2)3)16-21(15-18)24-23(27)9-6-19-4-7-22(8-5-19)31(28,29)26-10-12-30-13-11-26/h4-5,7-8,14-16H,6,9-13,17H2,1-3H3,(H,24,27). The molecule has 1 aliphatic heterocycles. The van der Waals surface area contributed by atoms with Gasteiger partial charge in [-0.25, -0.2) is 8.42 Å². The highest BCUT2D eigenvalue weighted by Crippen LogP contribution is 2.19. The Morgan fingerprint density at radius 1 is 1.06 bits per heavy atom. The van der Waals surface area contributed by atoms with Gasteiger partial charge < -0.3 is 15.0 Å². The van der Waals surface area contributed by atoms with Gasteiger partial charge in [-0.05, 0) is 68.4 Å². The van der Waals surface area contributed by atoms with Gasteiger partial charge in [0.25, 0.3) is 0 Å². The Kier molecular flexibility index (Phi) is 7.83. The van der Waals surface area contributed by atoms with Gasteiger partial charge in [0.1, 0.15) is 0 Å². The average molecular weight is 446 g/mol.